The molecule has 1 saturated heterocycles. The van der Waals surface area contributed by atoms with Crippen LogP contribution in [0.2, 0.25) is 0 Å². The molecule has 5 rings (SSSR count). The van der Waals surface area contributed by atoms with Crippen molar-refractivity contribution < 1.29 is 13.6 Å². The SMILES string of the molecule is CCNC(=O)c1c2ncnn(N3CCN(CCc4ccc(F)c(F)c4)CC3)c-2c2c1CCCC2. The van der Waals surface area contributed by atoms with Gasteiger partial charge < -0.3 is 5.32 Å². The average Bonchev–Trinajstić information content (AvgIpc) is 3.20. The van der Waals surface area contributed by atoms with Gasteiger partial charge in [0.25, 0.3) is 5.91 Å². The number of rotatable bonds is 6. The van der Waals surface area contributed by atoms with Gasteiger partial charge in [-0.1, -0.05) is 6.07 Å². The van der Waals surface area contributed by atoms with Crippen LogP contribution in [0.3, 0.4) is 0 Å². The van der Waals surface area contributed by atoms with E-state index in [-0.39, 0.29) is 5.91 Å². The summed E-state index contributed by atoms with van der Waals surface area (Å²) in [7, 11) is 0. The fourth-order valence-corrected chi connectivity index (χ4v) is 5.22. The van der Waals surface area contributed by atoms with E-state index in [1.54, 1.807) is 12.4 Å². The predicted octanol–water partition coefficient (Wildman–Crippen LogP) is 2.79. The maximum absolute atomic E-state index is 13.5. The zero-order valence-corrected chi connectivity index (χ0v) is 19.5. The lowest BCUT2D eigenvalue weighted by atomic mass is 9.93. The van der Waals surface area contributed by atoms with Crippen LogP contribution >= 0.6 is 0 Å². The number of amides is 1. The van der Waals surface area contributed by atoms with Crippen LogP contribution in [0.1, 0.15) is 46.8 Å². The second kappa shape index (κ2) is 9.66. The Morgan fingerprint density at radius 2 is 1.82 bits per heavy atom. The van der Waals surface area contributed by atoms with E-state index in [2.05, 4.69) is 25.3 Å². The van der Waals surface area contributed by atoms with E-state index in [9.17, 15) is 13.6 Å². The van der Waals surface area contributed by atoms with E-state index in [0.717, 1.165) is 80.9 Å². The lowest BCUT2D eigenvalue weighted by molar-refractivity contribution is 0.0955. The summed E-state index contributed by atoms with van der Waals surface area (Å²) >= 11 is 0. The minimum absolute atomic E-state index is 0.0528. The molecule has 0 saturated carbocycles. The van der Waals surface area contributed by atoms with Crippen molar-refractivity contribution in [1.82, 2.24) is 25.1 Å². The van der Waals surface area contributed by atoms with Crippen molar-refractivity contribution in [3.8, 4) is 11.4 Å². The van der Waals surface area contributed by atoms with Crippen molar-refractivity contribution in [3.63, 3.8) is 0 Å². The highest BCUT2D eigenvalue weighted by Gasteiger charge is 2.33. The van der Waals surface area contributed by atoms with Gasteiger partial charge in [-0.05, 0) is 67.9 Å². The quantitative estimate of drug-likeness (QED) is 0.603. The first kappa shape index (κ1) is 22.7. The first-order chi connectivity index (χ1) is 16.6. The van der Waals surface area contributed by atoms with Crippen LogP contribution in [0, 0.1) is 11.6 Å². The molecule has 1 fully saturated rings. The number of fused-ring (bicyclic) bond motifs is 3. The Bertz CT molecular complexity index is 1150. The molecule has 0 bridgehead atoms. The molecule has 2 aliphatic carbocycles. The Balaban J connectivity index is 1.32. The highest BCUT2D eigenvalue weighted by atomic mass is 19.2. The van der Waals surface area contributed by atoms with Crippen LogP contribution in [-0.4, -0.2) is 64.9 Å². The second-order valence-electron chi connectivity index (χ2n) is 9.04. The topological polar surface area (TPSA) is 66.3 Å². The van der Waals surface area contributed by atoms with Gasteiger partial charge in [0, 0.05) is 39.3 Å². The molecule has 1 N–H and O–H groups in total. The number of hydrogen-bond acceptors (Lipinski definition) is 5. The van der Waals surface area contributed by atoms with Gasteiger partial charge >= 0.3 is 0 Å². The molecule has 2 aliphatic heterocycles. The van der Waals surface area contributed by atoms with E-state index >= 15 is 0 Å². The number of aromatic nitrogens is 3. The van der Waals surface area contributed by atoms with Gasteiger partial charge in [0.1, 0.15) is 17.7 Å². The van der Waals surface area contributed by atoms with E-state index in [1.165, 1.54) is 17.7 Å². The number of carbonyl (C=O) groups excluding carboxylic acids is 1. The minimum atomic E-state index is -0.810. The summed E-state index contributed by atoms with van der Waals surface area (Å²) in [5.74, 6) is -1.66. The number of nitrogens with one attached hydrogen (secondary N) is 1. The van der Waals surface area contributed by atoms with Gasteiger partial charge in [-0.3, -0.25) is 14.7 Å². The Labute approximate surface area is 198 Å². The third-order valence-electron chi connectivity index (χ3n) is 6.95. The molecule has 1 aromatic rings. The van der Waals surface area contributed by atoms with Crippen molar-refractivity contribution in [1.29, 1.82) is 0 Å². The van der Waals surface area contributed by atoms with Gasteiger partial charge in [-0.2, -0.15) is 4.79 Å². The number of halogens is 2. The van der Waals surface area contributed by atoms with E-state index in [1.807, 2.05) is 11.7 Å². The normalized spacial score (nSPS) is 16.6. The summed E-state index contributed by atoms with van der Waals surface area (Å²) in [4.78, 5) is 21.7. The molecule has 9 heteroatoms. The molecule has 0 unspecified atom stereocenters. The fourth-order valence-electron chi connectivity index (χ4n) is 5.22. The predicted molar refractivity (Wildman–Crippen MR) is 126 cm³/mol. The molecule has 34 heavy (non-hydrogen) atoms. The van der Waals surface area contributed by atoms with Crippen molar-refractivity contribution in [3.05, 3.63) is 58.4 Å². The molecular formula is C25H30F2N6O. The highest BCUT2D eigenvalue weighted by Crippen LogP contribution is 2.39. The average molecular weight is 469 g/mol. The monoisotopic (exact) mass is 468 g/mol. The third-order valence-corrected chi connectivity index (χ3v) is 6.95. The number of hydrogen-bond donors (Lipinski definition) is 1. The van der Waals surface area contributed by atoms with Crippen LogP contribution in [0.4, 0.5) is 8.78 Å². The zero-order valence-electron chi connectivity index (χ0n) is 19.5. The fraction of sp³-hybridized carbons (Fsp3) is 0.480. The molecule has 0 radical (unpaired) electrons. The van der Waals surface area contributed by atoms with Crippen LogP contribution in [0.15, 0.2) is 24.5 Å². The maximum Gasteiger partial charge on any atom is 0.253 e. The smallest absolute Gasteiger partial charge is 0.253 e. The van der Waals surface area contributed by atoms with Crippen LogP contribution < -0.4 is 10.3 Å². The van der Waals surface area contributed by atoms with E-state index in [4.69, 9.17) is 0 Å². The Morgan fingerprint density at radius 3 is 2.56 bits per heavy atom. The largest absolute Gasteiger partial charge is 0.352 e. The summed E-state index contributed by atoms with van der Waals surface area (Å²) in [6.45, 7) is 6.54. The lowest BCUT2D eigenvalue weighted by Gasteiger charge is -2.37. The molecule has 4 aliphatic rings. The molecule has 1 aromatic carbocycles. The van der Waals surface area contributed by atoms with Crippen LogP contribution in [0.25, 0.3) is 11.4 Å². The Kier molecular flexibility index (Phi) is 6.45. The maximum atomic E-state index is 13.5. The van der Waals surface area contributed by atoms with E-state index < -0.39 is 11.6 Å². The molecule has 1 amide bonds. The van der Waals surface area contributed by atoms with Crippen LogP contribution in [-0.2, 0) is 19.3 Å². The summed E-state index contributed by atoms with van der Waals surface area (Å²) in [5, 5.41) is 9.77. The summed E-state index contributed by atoms with van der Waals surface area (Å²) in [6, 6.07) is 4.12. The molecule has 0 aromatic heterocycles. The standard InChI is InChI=1S/C25H30F2N6O/c1-2-28-25(34)22-18-5-3-4-6-19(18)24-23(22)29-16-30-33(24)32-13-11-31(12-14-32)10-9-17-7-8-20(26)21(27)15-17/h7-8,15-16H,2-6,9-14H2,1H3,(H,28,34). The van der Waals surface area contributed by atoms with Crippen molar-refractivity contribution in [2.24, 2.45) is 0 Å². The van der Waals surface area contributed by atoms with Crippen molar-refractivity contribution in [2.45, 2.75) is 39.0 Å². The lowest BCUT2D eigenvalue weighted by Crippen LogP contribution is -2.52. The Morgan fingerprint density at radius 1 is 1.06 bits per heavy atom. The van der Waals surface area contributed by atoms with Gasteiger partial charge in [0.05, 0.1) is 5.56 Å². The number of nitrogens with zero attached hydrogens (tertiary/aromatic N) is 5. The van der Waals surface area contributed by atoms with E-state index in [0.29, 0.717) is 18.5 Å². The summed E-state index contributed by atoms with van der Waals surface area (Å²) in [6.07, 6.45) is 6.25. The number of benzene rings is 1. The van der Waals surface area contributed by atoms with Crippen LogP contribution in [0.5, 0.6) is 0 Å². The number of piperazine rings is 1. The zero-order chi connectivity index (χ0) is 23.7. The van der Waals surface area contributed by atoms with Gasteiger partial charge in [-0.25, -0.2) is 13.8 Å². The van der Waals surface area contributed by atoms with Crippen molar-refractivity contribution in [2.75, 3.05) is 44.3 Å². The summed E-state index contributed by atoms with van der Waals surface area (Å²) < 4.78 is 26.7. The highest BCUT2D eigenvalue weighted by molar-refractivity contribution is 6.03. The third kappa shape index (κ3) is 4.24. The Hall–Kier alpha value is -3.07. The minimum Gasteiger partial charge on any atom is -0.352 e. The first-order valence-corrected chi connectivity index (χ1v) is 12.1. The van der Waals surface area contributed by atoms with Gasteiger partial charge in [-0.15, -0.1) is 5.10 Å². The van der Waals surface area contributed by atoms with Gasteiger partial charge in [0.15, 0.2) is 11.6 Å². The molecule has 180 valence electrons. The summed E-state index contributed by atoms with van der Waals surface area (Å²) in [5.41, 5.74) is 5.57. The first-order valence-electron chi connectivity index (χ1n) is 12.1. The second-order valence-corrected chi connectivity index (χ2v) is 9.04. The molecule has 2 heterocycles. The molecule has 0 spiro atoms. The number of carbonyl (C=O) groups is 1. The molecular weight excluding hydrogens is 438 g/mol. The molecule has 0 atom stereocenters. The molecule has 7 nitrogen and oxygen atoms in total. The van der Waals surface area contributed by atoms with Gasteiger partial charge in [0.2, 0.25) is 0 Å². The van der Waals surface area contributed by atoms with Crippen molar-refractivity contribution >= 4 is 5.91 Å².